The minimum atomic E-state index is -0.786. The molecule has 346 valence electrons. The summed E-state index contributed by atoms with van der Waals surface area (Å²) in [6, 6.07) is 0. The van der Waals surface area contributed by atoms with Gasteiger partial charge in [-0.15, -0.1) is 0 Å². The molecular formula is C54H94O6. The molecule has 0 aromatic heterocycles. The minimum Gasteiger partial charge on any atom is -0.462 e. The zero-order chi connectivity index (χ0) is 43.7. The number of hydrogen-bond donors (Lipinski definition) is 0. The van der Waals surface area contributed by atoms with E-state index in [1.807, 2.05) is 0 Å². The van der Waals surface area contributed by atoms with Crippen LogP contribution >= 0.6 is 0 Å². The van der Waals surface area contributed by atoms with Crippen LogP contribution in [0.1, 0.15) is 245 Å². The third-order valence-corrected chi connectivity index (χ3v) is 10.8. The summed E-state index contributed by atoms with van der Waals surface area (Å²) in [4.78, 5) is 37.9. The molecule has 60 heavy (non-hydrogen) atoms. The molecule has 0 saturated carbocycles. The smallest absolute Gasteiger partial charge is 0.306 e. The number of carbonyl (C=O) groups is 3. The predicted molar refractivity (Wildman–Crippen MR) is 256 cm³/mol. The van der Waals surface area contributed by atoms with Crippen molar-refractivity contribution < 1.29 is 28.6 Å². The van der Waals surface area contributed by atoms with Crippen LogP contribution in [0.4, 0.5) is 0 Å². The Labute approximate surface area is 370 Å². The summed E-state index contributed by atoms with van der Waals surface area (Å²) in [6.07, 6.45) is 59.1. The number of unbranched alkanes of at least 4 members (excludes halogenated alkanes) is 24. The van der Waals surface area contributed by atoms with Gasteiger partial charge >= 0.3 is 17.9 Å². The average Bonchev–Trinajstić information content (AvgIpc) is 3.24. The molecule has 1 atom stereocenters. The fourth-order valence-electron chi connectivity index (χ4n) is 7.00. The first-order valence-electron chi connectivity index (χ1n) is 25.3. The van der Waals surface area contributed by atoms with E-state index in [-0.39, 0.29) is 31.1 Å². The monoisotopic (exact) mass is 839 g/mol. The zero-order valence-electron chi connectivity index (χ0n) is 39.5. The maximum Gasteiger partial charge on any atom is 0.306 e. The van der Waals surface area contributed by atoms with Gasteiger partial charge in [-0.2, -0.15) is 0 Å². The number of allylic oxidation sites excluding steroid dienone is 10. The van der Waals surface area contributed by atoms with Crippen LogP contribution < -0.4 is 0 Å². The van der Waals surface area contributed by atoms with Crippen molar-refractivity contribution in [3.8, 4) is 0 Å². The van der Waals surface area contributed by atoms with Gasteiger partial charge in [0.1, 0.15) is 13.2 Å². The molecule has 0 amide bonds. The van der Waals surface area contributed by atoms with Crippen LogP contribution in [0.5, 0.6) is 0 Å². The summed E-state index contributed by atoms with van der Waals surface area (Å²) in [6.45, 7) is 6.49. The van der Waals surface area contributed by atoms with Crippen LogP contribution in [0.2, 0.25) is 0 Å². The normalized spacial score (nSPS) is 12.5. The van der Waals surface area contributed by atoms with Gasteiger partial charge in [-0.1, -0.05) is 223 Å². The highest BCUT2D eigenvalue weighted by atomic mass is 16.6. The van der Waals surface area contributed by atoms with Crippen molar-refractivity contribution >= 4 is 17.9 Å². The Morgan fingerprint density at radius 3 is 1.02 bits per heavy atom. The Morgan fingerprint density at radius 1 is 0.350 bits per heavy atom. The molecule has 0 aliphatic rings. The molecule has 0 spiro atoms. The Kier molecular flexibility index (Phi) is 46.4. The highest BCUT2D eigenvalue weighted by Gasteiger charge is 2.19. The number of carbonyl (C=O) groups excluding carboxylic acids is 3. The number of hydrogen-bond acceptors (Lipinski definition) is 6. The predicted octanol–water partition coefficient (Wildman–Crippen LogP) is 16.5. The molecule has 0 rings (SSSR count). The molecule has 6 nitrogen and oxygen atoms in total. The highest BCUT2D eigenvalue weighted by Crippen LogP contribution is 2.15. The van der Waals surface area contributed by atoms with Crippen LogP contribution in [-0.4, -0.2) is 37.2 Å². The van der Waals surface area contributed by atoms with Gasteiger partial charge in [-0.05, 0) is 64.2 Å². The van der Waals surface area contributed by atoms with Crippen molar-refractivity contribution in [1.29, 1.82) is 0 Å². The molecule has 0 aromatic rings. The molecule has 0 radical (unpaired) electrons. The second-order valence-electron chi connectivity index (χ2n) is 16.7. The van der Waals surface area contributed by atoms with Gasteiger partial charge in [-0.3, -0.25) is 14.4 Å². The molecule has 0 heterocycles. The largest absolute Gasteiger partial charge is 0.462 e. The Hall–Kier alpha value is -2.89. The van der Waals surface area contributed by atoms with Crippen molar-refractivity contribution in [3.63, 3.8) is 0 Å². The second-order valence-corrected chi connectivity index (χ2v) is 16.7. The summed E-state index contributed by atoms with van der Waals surface area (Å²) in [5.74, 6) is -0.913. The number of rotatable bonds is 45. The zero-order valence-corrected chi connectivity index (χ0v) is 39.5. The van der Waals surface area contributed by atoms with E-state index < -0.39 is 6.10 Å². The van der Waals surface area contributed by atoms with E-state index in [0.717, 1.165) is 96.3 Å². The van der Waals surface area contributed by atoms with E-state index in [9.17, 15) is 14.4 Å². The molecule has 0 aromatic carbocycles. The lowest BCUT2D eigenvalue weighted by atomic mass is 10.0. The average molecular weight is 839 g/mol. The standard InChI is InChI=1S/C54H94O6/c1-4-7-10-13-16-19-22-24-25-26-27-28-29-30-33-36-39-42-45-48-54(57)60-51(49-58-52(55)46-43-40-37-34-31-21-18-15-12-9-6-3)50-59-53(56)47-44-41-38-35-32-23-20-17-14-11-8-5-2/h7,10,16,19,24-25,27-28,30,33,51H,4-6,8-9,11-15,17-18,20-23,26,29,31-32,34-50H2,1-3H3/b10-7-,19-16-,25-24-,28-27-,33-30-/t51-/m0/s1. The van der Waals surface area contributed by atoms with Crippen LogP contribution in [0.3, 0.4) is 0 Å². The lowest BCUT2D eigenvalue weighted by Crippen LogP contribution is -2.30. The van der Waals surface area contributed by atoms with E-state index in [4.69, 9.17) is 14.2 Å². The van der Waals surface area contributed by atoms with Crippen molar-refractivity contribution in [3.05, 3.63) is 60.8 Å². The molecule has 0 N–H and O–H groups in total. The molecular weight excluding hydrogens is 745 g/mol. The van der Waals surface area contributed by atoms with Crippen molar-refractivity contribution in [2.45, 2.75) is 252 Å². The Bertz CT molecular complexity index is 1100. The van der Waals surface area contributed by atoms with Gasteiger partial charge < -0.3 is 14.2 Å². The molecule has 0 unspecified atom stereocenters. The number of ether oxygens (including phenoxy) is 3. The van der Waals surface area contributed by atoms with Crippen LogP contribution in [0.15, 0.2) is 60.8 Å². The van der Waals surface area contributed by atoms with Gasteiger partial charge in [0.05, 0.1) is 0 Å². The van der Waals surface area contributed by atoms with E-state index in [2.05, 4.69) is 81.5 Å². The van der Waals surface area contributed by atoms with E-state index in [1.165, 1.54) is 109 Å². The first kappa shape index (κ1) is 57.1. The third kappa shape index (κ3) is 46.2. The van der Waals surface area contributed by atoms with Gasteiger partial charge in [-0.25, -0.2) is 0 Å². The molecule has 0 fully saturated rings. The lowest BCUT2D eigenvalue weighted by Gasteiger charge is -2.18. The van der Waals surface area contributed by atoms with E-state index in [0.29, 0.717) is 19.3 Å². The van der Waals surface area contributed by atoms with Crippen molar-refractivity contribution in [1.82, 2.24) is 0 Å². The number of esters is 3. The highest BCUT2D eigenvalue weighted by molar-refractivity contribution is 5.71. The van der Waals surface area contributed by atoms with Crippen molar-refractivity contribution in [2.75, 3.05) is 13.2 Å². The van der Waals surface area contributed by atoms with Gasteiger partial charge in [0.2, 0.25) is 0 Å². The lowest BCUT2D eigenvalue weighted by molar-refractivity contribution is -0.167. The molecule has 0 saturated heterocycles. The first-order chi connectivity index (χ1) is 29.5. The van der Waals surface area contributed by atoms with E-state index in [1.54, 1.807) is 0 Å². The van der Waals surface area contributed by atoms with Crippen molar-refractivity contribution in [2.24, 2.45) is 0 Å². The fourth-order valence-corrected chi connectivity index (χ4v) is 7.00. The summed E-state index contributed by atoms with van der Waals surface area (Å²) in [5.41, 5.74) is 0. The van der Waals surface area contributed by atoms with E-state index >= 15 is 0 Å². The van der Waals surface area contributed by atoms with Gasteiger partial charge in [0, 0.05) is 19.3 Å². The summed E-state index contributed by atoms with van der Waals surface area (Å²) >= 11 is 0. The minimum absolute atomic E-state index is 0.0847. The summed E-state index contributed by atoms with van der Waals surface area (Å²) < 4.78 is 16.7. The second kappa shape index (κ2) is 48.8. The molecule has 0 aliphatic heterocycles. The quantitative estimate of drug-likeness (QED) is 0.0263. The Morgan fingerprint density at radius 2 is 0.650 bits per heavy atom. The summed E-state index contributed by atoms with van der Waals surface area (Å²) in [7, 11) is 0. The van der Waals surface area contributed by atoms with Crippen LogP contribution in [0, 0.1) is 0 Å². The first-order valence-corrected chi connectivity index (χ1v) is 25.3. The SMILES string of the molecule is CC/C=C\C/C=C\C/C=C\C/C=C\C/C=C\CCCCCC(=O)O[C@@H](COC(=O)CCCCCCCCCCCCC)COC(=O)CCCCCCCCCCCCCC. The third-order valence-electron chi connectivity index (χ3n) is 10.8. The maximum absolute atomic E-state index is 12.8. The molecule has 0 aliphatic carbocycles. The van der Waals surface area contributed by atoms with Crippen LogP contribution in [-0.2, 0) is 28.6 Å². The summed E-state index contributed by atoms with van der Waals surface area (Å²) in [5, 5.41) is 0. The fraction of sp³-hybridized carbons (Fsp3) is 0.759. The van der Waals surface area contributed by atoms with Crippen LogP contribution in [0.25, 0.3) is 0 Å². The molecule has 0 bridgehead atoms. The molecule has 6 heteroatoms. The Balaban J connectivity index is 4.42. The van der Waals surface area contributed by atoms with Gasteiger partial charge in [0.15, 0.2) is 6.10 Å². The van der Waals surface area contributed by atoms with Gasteiger partial charge in [0.25, 0.3) is 0 Å². The maximum atomic E-state index is 12.8. The topological polar surface area (TPSA) is 78.9 Å².